The van der Waals surface area contributed by atoms with Gasteiger partial charge in [0.25, 0.3) is 0 Å². The monoisotopic (exact) mass is 216 g/mol. The van der Waals surface area contributed by atoms with Crippen molar-refractivity contribution in [2.24, 2.45) is 11.7 Å². The van der Waals surface area contributed by atoms with Gasteiger partial charge in [0.05, 0.1) is 6.61 Å². The first-order chi connectivity index (χ1) is 7.11. The lowest BCUT2D eigenvalue weighted by atomic mass is 10.0. The van der Waals surface area contributed by atoms with Crippen LogP contribution in [-0.4, -0.2) is 44.3 Å². The topological polar surface area (TPSA) is 38.5 Å². The van der Waals surface area contributed by atoms with Gasteiger partial charge in [-0.3, -0.25) is 4.90 Å². The summed E-state index contributed by atoms with van der Waals surface area (Å²) in [5, 5.41) is 0. The molecule has 0 bridgehead atoms. The van der Waals surface area contributed by atoms with E-state index in [9.17, 15) is 0 Å². The van der Waals surface area contributed by atoms with Crippen LogP contribution in [0.5, 0.6) is 0 Å². The van der Waals surface area contributed by atoms with Gasteiger partial charge in [-0.25, -0.2) is 0 Å². The Morgan fingerprint density at radius 1 is 1.27 bits per heavy atom. The number of rotatable bonds is 9. The molecule has 0 saturated carbocycles. The molecular weight excluding hydrogens is 188 g/mol. The van der Waals surface area contributed by atoms with Crippen LogP contribution in [0.3, 0.4) is 0 Å². The van der Waals surface area contributed by atoms with Crippen LogP contribution < -0.4 is 5.73 Å². The Balaban J connectivity index is 3.81. The first kappa shape index (κ1) is 14.9. The molecule has 0 aliphatic rings. The summed E-state index contributed by atoms with van der Waals surface area (Å²) in [4.78, 5) is 2.48. The lowest BCUT2D eigenvalue weighted by Gasteiger charge is -2.29. The van der Waals surface area contributed by atoms with Crippen molar-refractivity contribution < 1.29 is 4.74 Å². The molecule has 0 aliphatic carbocycles. The van der Waals surface area contributed by atoms with E-state index >= 15 is 0 Å². The quantitative estimate of drug-likeness (QED) is 0.638. The highest BCUT2D eigenvalue weighted by atomic mass is 16.5. The van der Waals surface area contributed by atoms with Gasteiger partial charge in [0.1, 0.15) is 0 Å². The van der Waals surface area contributed by atoms with Gasteiger partial charge in [0, 0.05) is 26.2 Å². The van der Waals surface area contributed by atoms with Crippen molar-refractivity contribution in [2.45, 2.75) is 39.7 Å². The van der Waals surface area contributed by atoms with Crippen molar-refractivity contribution in [3.05, 3.63) is 0 Å². The van der Waals surface area contributed by atoms with Crippen LogP contribution in [0.25, 0.3) is 0 Å². The number of nitrogens with zero attached hydrogens (tertiary/aromatic N) is 1. The second kappa shape index (κ2) is 9.13. The molecule has 0 radical (unpaired) electrons. The predicted octanol–water partition coefficient (Wildman–Crippen LogP) is 1.72. The van der Waals surface area contributed by atoms with E-state index in [1.54, 1.807) is 7.11 Å². The van der Waals surface area contributed by atoms with E-state index in [0.29, 0.717) is 6.04 Å². The fourth-order valence-corrected chi connectivity index (χ4v) is 1.73. The van der Waals surface area contributed by atoms with E-state index in [-0.39, 0.29) is 0 Å². The molecule has 0 saturated heterocycles. The van der Waals surface area contributed by atoms with Crippen LogP contribution in [0.4, 0.5) is 0 Å². The Labute approximate surface area is 95.0 Å². The van der Waals surface area contributed by atoms with Crippen LogP contribution in [0.15, 0.2) is 0 Å². The predicted molar refractivity (Wildman–Crippen MR) is 66.0 cm³/mol. The van der Waals surface area contributed by atoms with Crippen LogP contribution >= 0.6 is 0 Å². The van der Waals surface area contributed by atoms with Gasteiger partial charge in [0.2, 0.25) is 0 Å². The fourth-order valence-electron chi connectivity index (χ4n) is 1.73. The largest absolute Gasteiger partial charge is 0.383 e. The Morgan fingerprint density at radius 3 is 2.40 bits per heavy atom. The van der Waals surface area contributed by atoms with Crippen LogP contribution in [0.1, 0.15) is 33.6 Å². The average Bonchev–Trinajstić information content (AvgIpc) is 2.20. The molecule has 1 unspecified atom stereocenters. The summed E-state index contributed by atoms with van der Waals surface area (Å²) >= 11 is 0. The molecule has 1 atom stereocenters. The third-order valence-corrected chi connectivity index (χ3v) is 2.76. The molecule has 3 nitrogen and oxygen atoms in total. The Morgan fingerprint density at radius 2 is 1.93 bits per heavy atom. The molecule has 0 aromatic rings. The molecule has 2 N–H and O–H groups in total. The lowest BCUT2D eigenvalue weighted by Crippen LogP contribution is -2.37. The number of hydrogen-bond acceptors (Lipinski definition) is 3. The third kappa shape index (κ3) is 7.77. The summed E-state index contributed by atoms with van der Waals surface area (Å²) < 4.78 is 5.12. The molecule has 0 amide bonds. The molecule has 0 aromatic heterocycles. The zero-order valence-electron chi connectivity index (χ0n) is 10.8. The Hall–Kier alpha value is -0.120. The van der Waals surface area contributed by atoms with Crippen molar-refractivity contribution in [3.8, 4) is 0 Å². The number of nitrogens with two attached hydrogens (primary N) is 1. The van der Waals surface area contributed by atoms with E-state index in [1.807, 2.05) is 0 Å². The maximum absolute atomic E-state index is 5.51. The highest BCUT2D eigenvalue weighted by Gasteiger charge is 2.12. The Bertz CT molecular complexity index is 140. The van der Waals surface area contributed by atoms with E-state index in [0.717, 1.165) is 38.6 Å². The summed E-state index contributed by atoms with van der Waals surface area (Å²) in [5.74, 6) is 0.729. The summed E-state index contributed by atoms with van der Waals surface area (Å²) in [6, 6.07) is 0.598. The molecular formula is C12H28N2O. The Kier molecular flexibility index (Phi) is 9.06. The molecule has 92 valence electrons. The summed E-state index contributed by atoms with van der Waals surface area (Å²) in [6.45, 7) is 10.6. The van der Waals surface area contributed by atoms with E-state index in [4.69, 9.17) is 10.5 Å². The van der Waals surface area contributed by atoms with Crippen molar-refractivity contribution in [3.63, 3.8) is 0 Å². The molecule has 0 rings (SSSR count). The average molecular weight is 216 g/mol. The molecule has 15 heavy (non-hydrogen) atoms. The van der Waals surface area contributed by atoms with Crippen LogP contribution in [0.2, 0.25) is 0 Å². The SMILES string of the molecule is COCCN(CC(C)CCCN)C(C)C. The number of hydrogen-bond donors (Lipinski definition) is 1. The maximum atomic E-state index is 5.51. The minimum Gasteiger partial charge on any atom is -0.383 e. The summed E-state index contributed by atoms with van der Waals surface area (Å²) in [6.07, 6.45) is 2.37. The normalized spacial score (nSPS) is 13.8. The minimum atomic E-state index is 0.598. The lowest BCUT2D eigenvalue weighted by molar-refractivity contribution is 0.117. The van der Waals surface area contributed by atoms with Gasteiger partial charge >= 0.3 is 0 Å². The van der Waals surface area contributed by atoms with Crippen LogP contribution in [-0.2, 0) is 4.74 Å². The molecule has 0 aliphatic heterocycles. The number of ether oxygens (including phenoxy) is 1. The zero-order valence-corrected chi connectivity index (χ0v) is 10.8. The first-order valence-electron chi connectivity index (χ1n) is 6.04. The van der Waals surface area contributed by atoms with Gasteiger partial charge in [-0.1, -0.05) is 6.92 Å². The molecule has 3 heteroatoms. The molecule has 0 heterocycles. The zero-order chi connectivity index (χ0) is 11.7. The smallest absolute Gasteiger partial charge is 0.0589 e. The second-order valence-corrected chi connectivity index (χ2v) is 4.62. The van der Waals surface area contributed by atoms with Gasteiger partial charge in [-0.05, 0) is 39.2 Å². The standard InChI is InChI=1S/C12H28N2O/c1-11(2)14(8-9-15-4)10-12(3)6-5-7-13/h11-12H,5-10,13H2,1-4H3. The third-order valence-electron chi connectivity index (χ3n) is 2.76. The van der Waals surface area contributed by atoms with Gasteiger partial charge in [-0.2, -0.15) is 0 Å². The van der Waals surface area contributed by atoms with Crippen molar-refractivity contribution in [2.75, 3.05) is 33.4 Å². The summed E-state index contributed by atoms with van der Waals surface area (Å²) in [5.41, 5.74) is 5.51. The fraction of sp³-hybridized carbons (Fsp3) is 1.00. The van der Waals surface area contributed by atoms with Crippen LogP contribution in [0, 0.1) is 5.92 Å². The number of methoxy groups -OCH3 is 1. The van der Waals surface area contributed by atoms with Crippen molar-refractivity contribution in [1.82, 2.24) is 4.90 Å². The second-order valence-electron chi connectivity index (χ2n) is 4.62. The highest BCUT2D eigenvalue weighted by Crippen LogP contribution is 2.09. The van der Waals surface area contributed by atoms with Crippen molar-refractivity contribution in [1.29, 1.82) is 0 Å². The molecule has 0 spiro atoms. The van der Waals surface area contributed by atoms with E-state index < -0.39 is 0 Å². The van der Waals surface area contributed by atoms with E-state index in [2.05, 4.69) is 25.7 Å². The minimum absolute atomic E-state index is 0.598. The first-order valence-corrected chi connectivity index (χ1v) is 6.04. The van der Waals surface area contributed by atoms with Crippen molar-refractivity contribution >= 4 is 0 Å². The van der Waals surface area contributed by atoms with Gasteiger partial charge in [0.15, 0.2) is 0 Å². The molecule has 0 aromatic carbocycles. The van der Waals surface area contributed by atoms with E-state index in [1.165, 1.54) is 6.42 Å². The van der Waals surface area contributed by atoms with Gasteiger partial charge in [-0.15, -0.1) is 0 Å². The highest BCUT2D eigenvalue weighted by molar-refractivity contribution is 4.66. The summed E-state index contributed by atoms with van der Waals surface area (Å²) in [7, 11) is 1.76. The maximum Gasteiger partial charge on any atom is 0.0589 e. The van der Waals surface area contributed by atoms with Gasteiger partial charge < -0.3 is 10.5 Å². The molecule has 0 fully saturated rings.